The Morgan fingerprint density at radius 3 is 2.10 bits per heavy atom. The quantitative estimate of drug-likeness (QED) is 0.135. The first-order valence-electron chi connectivity index (χ1n) is 20.5. The average molecular weight is 730 g/mol. The van der Waals surface area contributed by atoms with Crippen molar-refractivity contribution >= 4 is 23.8 Å². The van der Waals surface area contributed by atoms with Gasteiger partial charge < -0.3 is 20.3 Å². The van der Waals surface area contributed by atoms with Crippen LogP contribution in [0.5, 0.6) is 0 Å². The van der Waals surface area contributed by atoms with Gasteiger partial charge in [-0.2, -0.15) is 0 Å². The summed E-state index contributed by atoms with van der Waals surface area (Å²) in [6.07, 6.45) is 13.2. The van der Waals surface area contributed by atoms with Crippen LogP contribution in [0.25, 0.3) is 0 Å². The number of hydrogen-bond acceptors (Lipinski definition) is 5. The predicted molar refractivity (Wildman–Crippen MR) is 207 cm³/mol. The zero-order valence-electron chi connectivity index (χ0n) is 34.7. The third kappa shape index (κ3) is 9.28. The fourth-order valence-electron chi connectivity index (χ4n) is 12.1. The summed E-state index contributed by atoms with van der Waals surface area (Å²) in [6, 6.07) is -0.842. The fourth-order valence-corrected chi connectivity index (χ4v) is 12.1. The topological polar surface area (TPSA) is 130 Å². The largest absolute Gasteiger partial charge is 0.481 e. The molecule has 0 aromatic carbocycles. The van der Waals surface area contributed by atoms with E-state index in [1.54, 1.807) is 6.08 Å². The highest BCUT2D eigenvalue weighted by Gasteiger charge is 2.66. The Morgan fingerprint density at radius 2 is 1.54 bits per heavy atom. The number of ether oxygens (including phenoxy) is 1. The summed E-state index contributed by atoms with van der Waals surface area (Å²) in [6.45, 7) is 27.2. The molecule has 0 radical (unpaired) electrons. The molecule has 4 aliphatic rings. The zero-order chi connectivity index (χ0) is 39.4. The third-order valence-corrected chi connectivity index (χ3v) is 14.8. The maximum Gasteiger partial charge on any atom is 0.326 e. The minimum Gasteiger partial charge on any atom is -0.481 e. The van der Waals surface area contributed by atoms with E-state index in [1.165, 1.54) is 6.42 Å². The van der Waals surface area contributed by atoms with Gasteiger partial charge in [-0.15, -0.1) is 6.58 Å². The number of fused-ring (bicyclic) bond motifs is 5. The summed E-state index contributed by atoms with van der Waals surface area (Å²) in [5, 5.41) is 22.2. The van der Waals surface area contributed by atoms with Gasteiger partial charge in [-0.05, 0) is 129 Å². The van der Waals surface area contributed by atoms with E-state index in [2.05, 4.69) is 53.4 Å². The van der Waals surface area contributed by atoms with Crippen LogP contribution in [0.4, 0.5) is 0 Å². The smallest absolute Gasteiger partial charge is 0.326 e. The molecule has 0 aromatic heterocycles. The number of amides is 1. The van der Waals surface area contributed by atoms with Crippen molar-refractivity contribution in [2.24, 2.45) is 62.6 Å². The van der Waals surface area contributed by atoms with Gasteiger partial charge in [0, 0.05) is 11.3 Å². The van der Waals surface area contributed by atoms with E-state index in [0.717, 1.165) is 64.2 Å². The summed E-state index contributed by atoms with van der Waals surface area (Å²) >= 11 is 0. The molecule has 0 saturated heterocycles. The summed E-state index contributed by atoms with van der Waals surface area (Å²) in [7, 11) is 0. The molecule has 0 heterocycles. The van der Waals surface area contributed by atoms with Gasteiger partial charge in [-0.3, -0.25) is 14.4 Å². The first kappa shape index (κ1) is 44.0. The minimum absolute atomic E-state index is 0.0607. The molecule has 8 nitrogen and oxygen atoms in total. The lowest BCUT2D eigenvalue weighted by Crippen LogP contribution is -2.63. The van der Waals surface area contributed by atoms with Crippen molar-refractivity contribution in [2.75, 3.05) is 0 Å². The molecule has 0 spiro atoms. The van der Waals surface area contributed by atoms with E-state index in [-0.39, 0.29) is 70.2 Å². The lowest BCUT2D eigenvalue weighted by atomic mass is 9.35. The lowest BCUT2D eigenvalue weighted by molar-refractivity contribution is -0.209. The second-order valence-corrected chi connectivity index (χ2v) is 20.0. The molecule has 52 heavy (non-hydrogen) atoms. The van der Waals surface area contributed by atoms with Gasteiger partial charge in [0.15, 0.2) is 0 Å². The normalized spacial score (nSPS) is 35.9. The SMILES string of the molecule is C=CC.CCC[C@H]1C(C(=O)NC(CC(C)C)C(=O)O)CC[C@]2(C)C1CCC1C3(C)CCC(OC(=O)CC(C)(C)CC(=O)O)C(C)(C)CC3CCC12C. The van der Waals surface area contributed by atoms with E-state index in [9.17, 15) is 29.4 Å². The van der Waals surface area contributed by atoms with Crippen LogP contribution in [-0.4, -0.2) is 46.2 Å². The molecule has 0 bridgehead atoms. The summed E-state index contributed by atoms with van der Waals surface area (Å²) in [4.78, 5) is 50.5. The van der Waals surface area contributed by atoms with Crippen LogP contribution in [0.3, 0.4) is 0 Å². The van der Waals surface area contributed by atoms with Crippen molar-refractivity contribution in [3.05, 3.63) is 12.7 Å². The molecule has 1 amide bonds. The van der Waals surface area contributed by atoms with Gasteiger partial charge in [0.1, 0.15) is 12.1 Å². The van der Waals surface area contributed by atoms with Crippen molar-refractivity contribution < 1.29 is 34.1 Å². The predicted octanol–water partition coefficient (Wildman–Crippen LogP) is 10.1. The lowest BCUT2D eigenvalue weighted by Gasteiger charge is -2.69. The van der Waals surface area contributed by atoms with Crippen LogP contribution in [0.2, 0.25) is 0 Å². The number of carbonyl (C=O) groups is 4. The Morgan fingerprint density at radius 1 is 0.923 bits per heavy atom. The molecule has 4 aliphatic carbocycles. The van der Waals surface area contributed by atoms with E-state index < -0.39 is 23.4 Å². The van der Waals surface area contributed by atoms with Crippen molar-refractivity contribution in [1.29, 1.82) is 0 Å². The summed E-state index contributed by atoms with van der Waals surface area (Å²) in [5.74, 6) is -0.408. The van der Waals surface area contributed by atoms with Gasteiger partial charge in [0.25, 0.3) is 0 Å². The van der Waals surface area contributed by atoms with Gasteiger partial charge >= 0.3 is 17.9 Å². The van der Waals surface area contributed by atoms with Crippen LogP contribution in [0.15, 0.2) is 12.7 Å². The molecule has 4 rings (SSSR count). The molecule has 0 aromatic rings. The van der Waals surface area contributed by atoms with Crippen LogP contribution < -0.4 is 5.32 Å². The Bertz CT molecular complexity index is 1290. The summed E-state index contributed by atoms with van der Waals surface area (Å²) in [5.41, 5.74) is -0.507. The van der Waals surface area contributed by atoms with Gasteiger partial charge in [0.05, 0.1) is 12.8 Å². The number of carboxylic acid groups (broad SMARTS) is 2. The number of carbonyl (C=O) groups excluding carboxylic acids is 2. The Kier molecular flexibility index (Phi) is 14.4. The van der Waals surface area contributed by atoms with Gasteiger partial charge in [-0.25, -0.2) is 4.79 Å². The minimum atomic E-state index is -0.946. The highest BCUT2D eigenvalue weighted by Crippen LogP contribution is 2.73. The maximum atomic E-state index is 13.9. The molecule has 10 atom stereocenters. The first-order valence-corrected chi connectivity index (χ1v) is 20.5. The second-order valence-electron chi connectivity index (χ2n) is 20.0. The fraction of sp³-hybridized carbons (Fsp3) is 0.864. The van der Waals surface area contributed by atoms with E-state index >= 15 is 0 Å². The van der Waals surface area contributed by atoms with Crippen molar-refractivity contribution in [3.8, 4) is 0 Å². The molecule has 8 unspecified atom stereocenters. The molecule has 4 saturated carbocycles. The Labute approximate surface area is 316 Å². The Hall–Kier alpha value is -2.38. The molecular weight excluding hydrogens is 654 g/mol. The van der Waals surface area contributed by atoms with Crippen molar-refractivity contribution in [3.63, 3.8) is 0 Å². The highest BCUT2D eigenvalue weighted by atomic mass is 16.5. The first-order chi connectivity index (χ1) is 24.0. The highest BCUT2D eigenvalue weighted by molar-refractivity contribution is 5.85. The average Bonchev–Trinajstić information content (AvgIpc) is 3.09. The Balaban J connectivity index is 0.00000235. The maximum absolute atomic E-state index is 13.9. The van der Waals surface area contributed by atoms with Crippen LogP contribution in [0, 0.1) is 62.6 Å². The van der Waals surface area contributed by atoms with Gasteiger partial charge in [0.2, 0.25) is 5.91 Å². The number of rotatable bonds is 12. The van der Waals surface area contributed by atoms with Crippen LogP contribution in [-0.2, 0) is 23.9 Å². The van der Waals surface area contributed by atoms with E-state index in [1.807, 2.05) is 34.6 Å². The van der Waals surface area contributed by atoms with Crippen LogP contribution >= 0.6 is 0 Å². The standard InChI is InChI=1S/C41H69NO7.C3H6/c1-11-12-27-28(35(46)42-30(36(47)48)21-25(2)3)16-20-40(9)29(27)13-14-31-39(8)18-17-32(49-34(45)24-37(4,5)23-33(43)44)38(6,7)22-26(39)15-19-41(31,40)10;1-3-2/h25-32H,11-24H2,1-10H3,(H,42,46)(H,43,44)(H,47,48);3H,1H2,2H3/t26?,27-,28?,29?,30?,31?,32?,39?,40+,41?;/m0./s1. The number of hydrogen-bond donors (Lipinski definition) is 3. The van der Waals surface area contributed by atoms with Crippen LogP contribution in [0.1, 0.15) is 166 Å². The number of nitrogens with one attached hydrogen (secondary N) is 1. The monoisotopic (exact) mass is 730 g/mol. The second kappa shape index (κ2) is 17.0. The molecule has 3 N–H and O–H groups in total. The number of allylic oxidation sites excluding steroid dienone is 1. The molecule has 0 aliphatic heterocycles. The number of aliphatic carboxylic acids is 2. The third-order valence-electron chi connectivity index (χ3n) is 14.8. The molecular formula is C44H75NO7. The molecule has 4 fully saturated rings. The molecule has 298 valence electrons. The van der Waals surface area contributed by atoms with Crippen molar-refractivity contribution in [2.45, 2.75) is 178 Å². The molecule has 8 heteroatoms. The van der Waals surface area contributed by atoms with E-state index in [0.29, 0.717) is 24.2 Å². The van der Waals surface area contributed by atoms with E-state index in [4.69, 9.17) is 4.74 Å². The number of esters is 1. The zero-order valence-corrected chi connectivity index (χ0v) is 34.7. The summed E-state index contributed by atoms with van der Waals surface area (Å²) < 4.78 is 6.25. The van der Waals surface area contributed by atoms with Gasteiger partial charge in [-0.1, -0.05) is 81.7 Å². The van der Waals surface area contributed by atoms with Crippen molar-refractivity contribution in [1.82, 2.24) is 5.32 Å². The number of carboxylic acids is 2.